The molecule has 2 rings (SSSR count). The average molecular weight is 340 g/mol. The lowest BCUT2D eigenvalue weighted by molar-refractivity contribution is 0.622. The van der Waals surface area contributed by atoms with Crippen molar-refractivity contribution < 1.29 is 4.39 Å². The van der Waals surface area contributed by atoms with Gasteiger partial charge < -0.3 is 5.32 Å². The van der Waals surface area contributed by atoms with E-state index in [1.54, 1.807) is 6.07 Å². The zero-order chi connectivity index (χ0) is 14.5. The van der Waals surface area contributed by atoms with Crippen LogP contribution in [0, 0.1) is 12.7 Å². The number of nitrogens with zero attached hydrogens (tertiary/aromatic N) is 2. The van der Waals surface area contributed by atoms with Crippen molar-refractivity contribution >= 4 is 15.9 Å². The van der Waals surface area contributed by atoms with E-state index in [2.05, 4.69) is 33.3 Å². The SMILES string of the molecule is CCCNCc1cn(Cc2ccc(F)cc2Br)nc1C. The smallest absolute Gasteiger partial charge is 0.124 e. The fourth-order valence-electron chi connectivity index (χ4n) is 2.04. The molecule has 0 aliphatic heterocycles. The quantitative estimate of drug-likeness (QED) is 0.814. The van der Waals surface area contributed by atoms with Crippen LogP contribution in [0.1, 0.15) is 30.2 Å². The van der Waals surface area contributed by atoms with Gasteiger partial charge in [0, 0.05) is 22.8 Å². The molecule has 0 saturated carbocycles. The van der Waals surface area contributed by atoms with Gasteiger partial charge in [-0.05, 0) is 37.6 Å². The first kappa shape index (κ1) is 15.2. The van der Waals surface area contributed by atoms with E-state index >= 15 is 0 Å². The predicted octanol–water partition coefficient (Wildman–Crippen LogP) is 3.64. The van der Waals surface area contributed by atoms with Gasteiger partial charge in [0.2, 0.25) is 0 Å². The molecular formula is C15H19BrFN3. The predicted molar refractivity (Wildman–Crippen MR) is 82.2 cm³/mol. The van der Waals surface area contributed by atoms with Crippen LogP contribution in [0.15, 0.2) is 28.9 Å². The van der Waals surface area contributed by atoms with Crippen molar-refractivity contribution in [1.82, 2.24) is 15.1 Å². The number of hydrogen-bond acceptors (Lipinski definition) is 2. The van der Waals surface area contributed by atoms with Crippen molar-refractivity contribution in [1.29, 1.82) is 0 Å². The fourth-order valence-corrected chi connectivity index (χ4v) is 2.51. The maximum absolute atomic E-state index is 13.1. The lowest BCUT2D eigenvalue weighted by Gasteiger charge is -2.05. The number of hydrogen-bond donors (Lipinski definition) is 1. The lowest BCUT2D eigenvalue weighted by Crippen LogP contribution is -2.13. The van der Waals surface area contributed by atoms with E-state index in [1.807, 2.05) is 17.8 Å². The third kappa shape index (κ3) is 3.90. The molecule has 1 aromatic carbocycles. The Morgan fingerprint density at radius 1 is 1.35 bits per heavy atom. The van der Waals surface area contributed by atoms with Gasteiger partial charge in [-0.1, -0.05) is 28.9 Å². The number of aromatic nitrogens is 2. The van der Waals surface area contributed by atoms with Crippen molar-refractivity contribution in [2.75, 3.05) is 6.54 Å². The van der Waals surface area contributed by atoms with Gasteiger partial charge in [0.1, 0.15) is 5.82 Å². The molecule has 0 aliphatic carbocycles. The molecule has 0 aliphatic rings. The van der Waals surface area contributed by atoms with Crippen LogP contribution in [0.4, 0.5) is 4.39 Å². The van der Waals surface area contributed by atoms with Crippen LogP contribution >= 0.6 is 15.9 Å². The highest BCUT2D eigenvalue weighted by molar-refractivity contribution is 9.10. The van der Waals surface area contributed by atoms with E-state index in [0.717, 1.165) is 35.2 Å². The molecule has 0 atom stereocenters. The van der Waals surface area contributed by atoms with Crippen molar-refractivity contribution in [3.05, 3.63) is 51.5 Å². The number of aryl methyl sites for hydroxylation is 1. The molecule has 108 valence electrons. The Morgan fingerprint density at radius 2 is 2.15 bits per heavy atom. The van der Waals surface area contributed by atoms with E-state index in [0.29, 0.717) is 6.54 Å². The summed E-state index contributed by atoms with van der Waals surface area (Å²) in [4.78, 5) is 0. The van der Waals surface area contributed by atoms with E-state index in [-0.39, 0.29) is 5.82 Å². The second-order valence-corrected chi connectivity index (χ2v) is 5.70. The Labute approximate surface area is 127 Å². The molecule has 1 heterocycles. The average Bonchev–Trinajstić information content (AvgIpc) is 2.74. The molecule has 0 spiro atoms. The van der Waals surface area contributed by atoms with Gasteiger partial charge in [-0.15, -0.1) is 0 Å². The normalized spacial score (nSPS) is 11.0. The molecule has 0 bridgehead atoms. The van der Waals surface area contributed by atoms with Gasteiger partial charge in [0.25, 0.3) is 0 Å². The maximum atomic E-state index is 13.1. The molecule has 0 amide bonds. The summed E-state index contributed by atoms with van der Waals surface area (Å²) in [5.41, 5.74) is 3.26. The maximum Gasteiger partial charge on any atom is 0.124 e. The molecule has 0 unspecified atom stereocenters. The molecule has 1 N–H and O–H groups in total. The minimum absolute atomic E-state index is 0.235. The summed E-state index contributed by atoms with van der Waals surface area (Å²) in [6, 6.07) is 4.74. The highest BCUT2D eigenvalue weighted by atomic mass is 79.9. The van der Waals surface area contributed by atoms with Gasteiger partial charge in [-0.25, -0.2) is 4.39 Å². The van der Waals surface area contributed by atoms with Crippen LogP contribution in [0.25, 0.3) is 0 Å². The lowest BCUT2D eigenvalue weighted by atomic mass is 10.2. The van der Waals surface area contributed by atoms with Crippen LogP contribution < -0.4 is 5.32 Å². The van der Waals surface area contributed by atoms with Gasteiger partial charge in [0.05, 0.1) is 12.2 Å². The monoisotopic (exact) mass is 339 g/mol. The third-order valence-corrected chi connectivity index (χ3v) is 3.88. The molecule has 0 radical (unpaired) electrons. The zero-order valence-corrected chi connectivity index (χ0v) is 13.4. The van der Waals surface area contributed by atoms with E-state index in [9.17, 15) is 4.39 Å². The minimum Gasteiger partial charge on any atom is -0.313 e. The third-order valence-electron chi connectivity index (χ3n) is 3.14. The molecular weight excluding hydrogens is 321 g/mol. The topological polar surface area (TPSA) is 29.9 Å². The molecule has 0 saturated heterocycles. The van der Waals surface area contributed by atoms with Gasteiger partial charge >= 0.3 is 0 Å². The first-order valence-corrected chi connectivity index (χ1v) is 7.57. The number of benzene rings is 1. The summed E-state index contributed by atoms with van der Waals surface area (Å²) < 4.78 is 15.7. The van der Waals surface area contributed by atoms with Crippen molar-refractivity contribution in [2.24, 2.45) is 0 Å². The summed E-state index contributed by atoms with van der Waals surface area (Å²) in [6.07, 6.45) is 3.17. The Bertz CT molecular complexity index is 580. The number of halogens is 2. The van der Waals surface area contributed by atoms with Crippen LogP contribution in [0.5, 0.6) is 0 Å². The minimum atomic E-state index is -0.235. The van der Waals surface area contributed by atoms with E-state index in [4.69, 9.17) is 0 Å². The first-order chi connectivity index (χ1) is 9.60. The van der Waals surface area contributed by atoms with Crippen molar-refractivity contribution in [2.45, 2.75) is 33.4 Å². The van der Waals surface area contributed by atoms with Crippen molar-refractivity contribution in [3.63, 3.8) is 0 Å². The fraction of sp³-hybridized carbons (Fsp3) is 0.400. The van der Waals surface area contributed by atoms with Crippen LogP contribution in [-0.4, -0.2) is 16.3 Å². The van der Waals surface area contributed by atoms with Gasteiger partial charge in [0.15, 0.2) is 0 Å². The van der Waals surface area contributed by atoms with Crippen LogP contribution in [0.2, 0.25) is 0 Å². The van der Waals surface area contributed by atoms with Gasteiger partial charge in [-0.2, -0.15) is 5.10 Å². The molecule has 0 fully saturated rings. The van der Waals surface area contributed by atoms with Crippen LogP contribution in [-0.2, 0) is 13.1 Å². The van der Waals surface area contributed by atoms with Crippen LogP contribution in [0.3, 0.4) is 0 Å². The largest absolute Gasteiger partial charge is 0.313 e. The Balaban J connectivity index is 2.08. The summed E-state index contributed by atoms with van der Waals surface area (Å²) >= 11 is 3.39. The molecule has 1 aromatic heterocycles. The van der Waals surface area contributed by atoms with Gasteiger partial charge in [-0.3, -0.25) is 4.68 Å². The highest BCUT2D eigenvalue weighted by Crippen LogP contribution is 2.19. The summed E-state index contributed by atoms with van der Waals surface area (Å²) in [5, 5.41) is 7.89. The number of rotatable bonds is 6. The summed E-state index contributed by atoms with van der Waals surface area (Å²) in [6.45, 7) is 6.64. The second-order valence-electron chi connectivity index (χ2n) is 4.85. The number of nitrogens with one attached hydrogen (secondary N) is 1. The summed E-state index contributed by atoms with van der Waals surface area (Å²) in [5.74, 6) is -0.235. The molecule has 3 nitrogen and oxygen atoms in total. The molecule has 20 heavy (non-hydrogen) atoms. The highest BCUT2D eigenvalue weighted by Gasteiger charge is 2.07. The first-order valence-electron chi connectivity index (χ1n) is 6.77. The second kappa shape index (κ2) is 6.99. The van der Waals surface area contributed by atoms with E-state index in [1.165, 1.54) is 17.7 Å². The van der Waals surface area contributed by atoms with Crippen molar-refractivity contribution in [3.8, 4) is 0 Å². The zero-order valence-electron chi connectivity index (χ0n) is 11.8. The Morgan fingerprint density at radius 3 is 2.85 bits per heavy atom. The van der Waals surface area contributed by atoms with E-state index < -0.39 is 0 Å². The Kier molecular flexibility index (Phi) is 5.31. The molecule has 5 heteroatoms. The molecule has 2 aromatic rings. The Hall–Kier alpha value is -1.20. The summed E-state index contributed by atoms with van der Waals surface area (Å²) in [7, 11) is 0. The standard InChI is InChI=1S/C15H19BrFN3/c1-3-6-18-8-13-10-20(19-11(13)2)9-12-4-5-14(17)7-15(12)16/h4-5,7,10,18H,3,6,8-9H2,1-2H3.